The van der Waals surface area contributed by atoms with E-state index >= 15 is 0 Å². The second-order valence-electron chi connectivity index (χ2n) is 7.23. The third-order valence-corrected chi connectivity index (χ3v) is 5.83. The zero-order chi connectivity index (χ0) is 18.4. The third-order valence-electron chi connectivity index (χ3n) is 5.34. The molecule has 0 aliphatic carbocycles. The van der Waals surface area contributed by atoms with Gasteiger partial charge in [-0.15, -0.1) is 0 Å². The van der Waals surface area contributed by atoms with E-state index in [9.17, 15) is 9.59 Å². The number of likely N-dealkylation sites (tertiary alicyclic amines) is 2. The predicted octanol–water partition coefficient (Wildman–Crippen LogP) is 4.10. The monoisotopic (exact) mass is 418 g/mol. The van der Waals surface area contributed by atoms with Gasteiger partial charge in [0.15, 0.2) is 0 Å². The summed E-state index contributed by atoms with van der Waals surface area (Å²) < 4.78 is 1.000. The Bertz CT molecular complexity index is 658. The minimum Gasteiger partial charge on any atom is -0.342 e. The first-order valence-corrected chi connectivity index (χ1v) is 10.4. The molecule has 0 radical (unpaired) electrons. The molecule has 2 fully saturated rings. The van der Waals surface area contributed by atoms with E-state index in [0.29, 0.717) is 19.0 Å². The summed E-state index contributed by atoms with van der Waals surface area (Å²) in [5.74, 6) is 0.431. The number of piperidine rings is 1. The van der Waals surface area contributed by atoms with E-state index in [1.165, 1.54) is 12.8 Å². The van der Waals surface area contributed by atoms with Gasteiger partial charge in [0, 0.05) is 42.6 Å². The van der Waals surface area contributed by atoms with E-state index in [2.05, 4.69) is 20.8 Å². The Kier molecular flexibility index (Phi) is 6.89. The van der Waals surface area contributed by atoms with Gasteiger partial charge in [0.1, 0.15) is 0 Å². The van der Waals surface area contributed by atoms with Gasteiger partial charge in [-0.05, 0) is 49.5 Å². The first-order valence-electron chi connectivity index (χ1n) is 9.65. The molecule has 0 unspecified atom stereocenters. The summed E-state index contributed by atoms with van der Waals surface area (Å²) in [5, 5.41) is 0. The molecular weight excluding hydrogens is 392 g/mol. The molecule has 0 aromatic heterocycles. The Morgan fingerprint density at radius 2 is 1.65 bits per heavy atom. The van der Waals surface area contributed by atoms with Crippen molar-refractivity contribution in [2.45, 2.75) is 38.5 Å². The number of halogens is 1. The highest BCUT2D eigenvalue weighted by molar-refractivity contribution is 9.10. The number of amides is 2. The summed E-state index contributed by atoms with van der Waals surface area (Å²) >= 11 is 3.44. The Balaban J connectivity index is 1.49. The van der Waals surface area contributed by atoms with Crippen LogP contribution < -0.4 is 0 Å². The second kappa shape index (κ2) is 9.36. The Morgan fingerprint density at radius 1 is 0.962 bits per heavy atom. The maximum atomic E-state index is 12.7. The second-order valence-corrected chi connectivity index (χ2v) is 8.14. The van der Waals surface area contributed by atoms with Crippen LogP contribution in [0, 0.1) is 5.92 Å². The van der Waals surface area contributed by atoms with Crippen molar-refractivity contribution in [3.63, 3.8) is 0 Å². The molecule has 2 saturated heterocycles. The molecule has 2 amide bonds. The van der Waals surface area contributed by atoms with Crippen LogP contribution in [0.2, 0.25) is 0 Å². The van der Waals surface area contributed by atoms with Gasteiger partial charge in [-0.3, -0.25) is 9.59 Å². The van der Waals surface area contributed by atoms with Gasteiger partial charge in [-0.1, -0.05) is 40.9 Å². The molecule has 2 aliphatic heterocycles. The lowest BCUT2D eigenvalue weighted by Crippen LogP contribution is -2.44. The standard InChI is InChI=1S/C21H27BrN2O2/c22-19-7-5-6-17(16-19)8-9-20(25)23-14-10-18(11-15-23)21(26)24-12-3-1-2-4-13-24/h5-9,16,18H,1-4,10-15H2/b9-8+. The van der Waals surface area contributed by atoms with Crippen molar-refractivity contribution in [2.24, 2.45) is 5.92 Å². The van der Waals surface area contributed by atoms with Crippen LogP contribution in [0.1, 0.15) is 44.1 Å². The summed E-state index contributed by atoms with van der Waals surface area (Å²) in [7, 11) is 0. The molecule has 2 aliphatic rings. The van der Waals surface area contributed by atoms with Crippen molar-refractivity contribution >= 4 is 33.8 Å². The average Bonchev–Trinajstić information content (AvgIpc) is 2.95. The maximum Gasteiger partial charge on any atom is 0.246 e. The highest BCUT2D eigenvalue weighted by Gasteiger charge is 2.29. The average molecular weight is 419 g/mol. The van der Waals surface area contributed by atoms with E-state index in [0.717, 1.165) is 48.8 Å². The molecule has 1 aromatic rings. The number of hydrogen-bond acceptors (Lipinski definition) is 2. The molecule has 140 valence electrons. The minimum atomic E-state index is 0.0330. The smallest absolute Gasteiger partial charge is 0.246 e. The van der Waals surface area contributed by atoms with Gasteiger partial charge in [-0.2, -0.15) is 0 Å². The molecule has 0 atom stereocenters. The van der Waals surface area contributed by atoms with E-state index in [-0.39, 0.29) is 11.8 Å². The van der Waals surface area contributed by atoms with Crippen LogP contribution in [0.5, 0.6) is 0 Å². The molecular formula is C21H27BrN2O2. The molecule has 2 heterocycles. The first kappa shape index (κ1) is 19.2. The molecule has 0 saturated carbocycles. The van der Waals surface area contributed by atoms with Crippen molar-refractivity contribution in [3.05, 3.63) is 40.4 Å². The predicted molar refractivity (Wildman–Crippen MR) is 108 cm³/mol. The fraction of sp³-hybridized carbons (Fsp3) is 0.524. The Hall–Kier alpha value is -1.62. The van der Waals surface area contributed by atoms with E-state index in [1.807, 2.05) is 35.2 Å². The molecule has 3 rings (SSSR count). The zero-order valence-corrected chi connectivity index (χ0v) is 16.8. The molecule has 26 heavy (non-hydrogen) atoms. The van der Waals surface area contributed by atoms with Crippen molar-refractivity contribution in [3.8, 4) is 0 Å². The lowest BCUT2D eigenvalue weighted by Gasteiger charge is -2.33. The maximum absolute atomic E-state index is 12.7. The van der Waals surface area contributed by atoms with Crippen LogP contribution >= 0.6 is 15.9 Å². The molecule has 0 bridgehead atoms. The number of benzene rings is 1. The van der Waals surface area contributed by atoms with Crippen LogP contribution in [0.25, 0.3) is 6.08 Å². The highest BCUT2D eigenvalue weighted by atomic mass is 79.9. The fourth-order valence-corrected chi connectivity index (χ4v) is 4.20. The van der Waals surface area contributed by atoms with Gasteiger partial charge in [0.25, 0.3) is 0 Å². The number of carbonyl (C=O) groups is 2. The van der Waals surface area contributed by atoms with E-state index in [4.69, 9.17) is 0 Å². The van der Waals surface area contributed by atoms with Gasteiger partial charge in [0.2, 0.25) is 11.8 Å². The SMILES string of the molecule is O=C(/C=C/c1cccc(Br)c1)N1CCC(C(=O)N2CCCCCC2)CC1. The number of hydrogen-bond donors (Lipinski definition) is 0. The lowest BCUT2D eigenvalue weighted by molar-refractivity contribution is -0.139. The quantitative estimate of drug-likeness (QED) is 0.693. The van der Waals surface area contributed by atoms with Gasteiger partial charge in [0.05, 0.1) is 0 Å². The normalized spacial score (nSPS) is 19.6. The molecule has 5 heteroatoms. The van der Waals surface area contributed by atoms with Crippen molar-refractivity contribution < 1.29 is 9.59 Å². The number of rotatable bonds is 3. The Morgan fingerprint density at radius 3 is 2.31 bits per heavy atom. The Labute approximate surface area is 164 Å². The van der Waals surface area contributed by atoms with Crippen LogP contribution in [0.4, 0.5) is 0 Å². The fourth-order valence-electron chi connectivity index (χ4n) is 3.78. The topological polar surface area (TPSA) is 40.6 Å². The molecule has 0 spiro atoms. The van der Waals surface area contributed by atoms with Crippen LogP contribution in [0.15, 0.2) is 34.8 Å². The summed E-state index contributed by atoms with van der Waals surface area (Å²) in [4.78, 5) is 29.1. The van der Waals surface area contributed by atoms with Crippen molar-refractivity contribution in [1.29, 1.82) is 0 Å². The zero-order valence-electron chi connectivity index (χ0n) is 15.2. The van der Waals surface area contributed by atoms with Crippen molar-refractivity contribution in [1.82, 2.24) is 9.80 Å². The molecule has 4 nitrogen and oxygen atoms in total. The summed E-state index contributed by atoms with van der Waals surface area (Å²) in [5.41, 5.74) is 0.999. The van der Waals surface area contributed by atoms with Gasteiger partial charge < -0.3 is 9.80 Å². The van der Waals surface area contributed by atoms with Crippen LogP contribution in [0.3, 0.4) is 0 Å². The van der Waals surface area contributed by atoms with E-state index in [1.54, 1.807) is 6.08 Å². The third kappa shape index (κ3) is 5.19. The minimum absolute atomic E-state index is 0.0330. The van der Waals surface area contributed by atoms with Crippen LogP contribution in [-0.2, 0) is 9.59 Å². The van der Waals surface area contributed by atoms with Gasteiger partial charge >= 0.3 is 0 Å². The van der Waals surface area contributed by atoms with Gasteiger partial charge in [-0.25, -0.2) is 0 Å². The number of nitrogens with zero attached hydrogens (tertiary/aromatic N) is 2. The van der Waals surface area contributed by atoms with Crippen LogP contribution in [-0.4, -0.2) is 47.8 Å². The summed E-state index contributed by atoms with van der Waals surface area (Å²) in [6.45, 7) is 3.17. The lowest BCUT2D eigenvalue weighted by atomic mass is 9.95. The van der Waals surface area contributed by atoms with Crippen molar-refractivity contribution in [2.75, 3.05) is 26.2 Å². The van der Waals surface area contributed by atoms with E-state index < -0.39 is 0 Å². The summed E-state index contributed by atoms with van der Waals surface area (Å²) in [6.07, 6.45) is 9.78. The molecule has 0 N–H and O–H groups in total. The largest absolute Gasteiger partial charge is 0.342 e. The number of carbonyl (C=O) groups excluding carboxylic acids is 2. The first-order chi connectivity index (χ1) is 12.6. The summed E-state index contributed by atoms with van der Waals surface area (Å²) in [6, 6.07) is 7.87. The molecule has 1 aromatic carbocycles. The highest BCUT2D eigenvalue weighted by Crippen LogP contribution is 2.22.